The third kappa shape index (κ3) is 3.60. The first kappa shape index (κ1) is 17.5. The molecule has 2 amide bonds. The lowest BCUT2D eigenvalue weighted by molar-refractivity contribution is -0.129. The van der Waals surface area contributed by atoms with Crippen molar-refractivity contribution in [2.75, 3.05) is 6.54 Å². The number of nitrogens with zero attached hydrogens (tertiary/aromatic N) is 3. The van der Waals surface area contributed by atoms with Gasteiger partial charge in [0.25, 0.3) is 0 Å². The molecule has 8 heteroatoms. The average Bonchev–Trinajstić information content (AvgIpc) is 3.21. The first-order valence-electron chi connectivity index (χ1n) is 9.84. The summed E-state index contributed by atoms with van der Waals surface area (Å²) in [5.41, 5.74) is 6.64. The molecule has 1 saturated heterocycles. The third-order valence-corrected chi connectivity index (χ3v) is 6.10. The van der Waals surface area contributed by atoms with E-state index in [1.165, 1.54) is 19.3 Å². The number of piperidine rings is 1. The highest BCUT2D eigenvalue weighted by molar-refractivity contribution is 5.83. The summed E-state index contributed by atoms with van der Waals surface area (Å²) in [6.07, 6.45) is 10.6. The summed E-state index contributed by atoms with van der Waals surface area (Å²) in [6.45, 7) is 0.417. The molecule has 2 heterocycles. The minimum absolute atomic E-state index is 0.00371. The second-order valence-electron chi connectivity index (χ2n) is 8.12. The predicted octanol–water partition coefficient (Wildman–Crippen LogP) is 0.947. The molecule has 0 bridgehead atoms. The van der Waals surface area contributed by atoms with Crippen molar-refractivity contribution in [3.05, 3.63) is 11.9 Å². The van der Waals surface area contributed by atoms with Crippen LogP contribution in [0, 0.1) is 11.8 Å². The van der Waals surface area contributed by atoms with Gasteiger partial charge in [-0.15, -0.1) is 5.10 Å². The third-order valence-electron chi connectivity index (χ3n) is 6.10. The summed E-state index contributed by atoms with van der Waals surface area (Å²) in [4.78, 5) is 24.2. The summed E-state index contributed by atoms with van der Waals surface area (Å²) in [7, 11) is 0. The Balaban J connectivity index is 1.50. The van der Waals surface area contributed by atoms with Gasteiger partial charge in [0.2, 0.25) is 11.8 Å². The van der Waals surface area contributed by atoms with Crippen molar-refractivity contribution in [1.82, 2.24) is 25.6 Å². The first-order valence-corrected chi connectivity index (χ1v) is 9.84. The normalized spacial score (nSPS) is 26.8. The topological polar surface area (TPSA) is 115 Å². The number of carbonyl (C=O) groups is 2. The van der Waals surface area contributed by atoms with Crippen LogP contribution in [0.1, 0.15) is 69.5 Å². The minimum Gasteiger partial charge on any atom is -0.355 e. The van der Waals surface area contributed by atoms with Gasteiger partial charge in [0.15, 0.2) is 0 Å². The molecule has 0 aromatic carbocycles. The zero-order valence-corrected chi connectivity index (χ0v) is 15.1. The summed E-state index contributed by atoms with van der Waals surface area (Å²) < 4.78 is 1.76. The van der Waals surface area contributed by atoms with E-state index in [9.17, 15) is 9.59 Å². The fourth-order valence-electron chi connectivity index (χ4n) is 4.12. The van der Waals surface area contributed by atoms with E-state index in [0.717, 1.165) is 31.4 Å². The Morgan fingerprint density at radius 1 is 1.31 bits per heavy atom. The summed E-state index contributed by atoms with van der Waals surface area (Å²) in [6, 6.07) is -0.128. The maximum absolute atomic E-state index is 12.8. The van der Waals surface area contributed by atoms with Crippen LogP contribution in [0.2, 0.25) is 0 Å². The Morgan fingerprint density at radius 2 is 2.08 bits per heavy atom. The van der Waals surface area contributed by atoms with Crippen LogP contribution in [0.5, 0.6) is 0 Å². The molecular formula is C18H28N6O2. The molecule has 1 unspecified atom stereocenters. The maximum atomic E-state index is 12.8. The standard InChI is InChI=1S/C18H28N6O2/c19-18(8-9-18)24-11-14(22-23-24)16(12-4-2-1-3-5-12)21-17(26)13-6-7-15(25)20-10-13/h11-13,16H,1-10,19H2,(H,20,25)(H,21,26)/t13?,16-/m0/s1. The number of nitrogens with two attached hydrogens (primary N) is 1. The summed E-state index contributed by atoms with van der Waals surface area (Å²) >= 11 is 0. The number of rotatable bonds is 5. The predicted molar refractivity (Wildman–Crippen MR) is 94.6 cm³/mol. The maximum Gasteiger partial charge on any atom is 0.225 e. The lowest BCUT2D eigenvalue weighted by Gasteiger charge is -2.31. The van der Waals surface area contributed by atoms with Gasteiger partial charge in [0.1, 0.15) is 11.4 Å². The van der Waals surface area contributed by atoms with Crippen LogP contribution >= 0.6 is 0 Å². The van der Waals surface area contributed by atoms with Gasteiger partial charge in [-0.1, -0.05) is 24.5 Å². The number of carbonyl (C=O) groups excluding carboxylic acids is 2. The molecule has 26 heavy (non-hydrogen) atoms. The van der Waals surface area contributed by atoms with Crippen LogP contribution in [-0.2, 0) is 15.3 Å². The first-order chi connectivity index (χ1) is 12.5. The van der Waals surface area contributed by atoms with Crippen molar-refractivity contribution in [1.29, 1.82) is 0 Å². The molecule has 3 aliphatic rings. The van der Waals surface area contributed by atoms with Crippen LogP contribution in [0.15, 0.2) is 6.20 Å². The highest BCUT2D eigenvalue weighted by Gasteiger charge is 2.42. The van der Waals surface area contributed by atoms with E-state index in [4.69, 9.17) is 5.73 Å². The number of nitrogens with one attached hydrogen (secondary N) is 2. The van der Waals surface area contributed by atoms with Crippen molar-refractivity contribution in [3.63, 3.8) is 0 Å². The molecule has 0 spiro atoms. The molecule has 142 valence electrons. The Kier molecular flexibility index (Phi) is 4.69. The molecule has 1 aromatic heterocycles. The van der Waals surface area contributed by atoms with Crippen molar-refractivity contribution < 1.29 is 9.59 Å². The van der Waals surface area contributed by atoms with Gasteiger partial charge >= 0.3 is 0 Å². The monoisotopic (exact) mass is 360 g/mol. The van der Waals surface area contributed by atoms with Crippen molar-refractivity contribution in [2.24, 2.45) is 17.6 Å². The molecule has 0 radical (unpaired) electrons. The molecule has 1 aromatic rings. The quantitative estimate of drug-likeness (QED) is 0.723. The smallest absolute Gasteiger partial charge is 0.225 e. The molecular weight excluding hydrogens is 332 g/mol. The lowest BCUT2D eigenvalue weighted by atomic mass is 9.82. The Hall–Kier alpha value is -1.96. The second kappa shape index (κ2) is 6.98. The lowest BCUT2D eigenvalue weighted by Crippen LogP contribution is -2.45. The van der Waals surface area contributed by atoms with Crippen molar-refractivity contribution in [3.8, 4) is 0 Å². The van der Waals surface area contributed by atoms with Gasteiger partial charge in [-0.25, -0.2) is 4.68 Å². The van der Waals surface area contributed by atoms with Crippen LogP contribution in [0.3, 0.4) is 0 Å². The zero-order valence-electron chi connectivity index (χ0n) is 15.1. The SMILES string of the molecule is NC1(n2cc([C@@H](NC(=O)C3CCC(=O)NC3)C3CCCCC3)nn2)CC1. The van der Waals surface area contributed by atoms with E-state index in [2.05, 4.69) is 20.9 Å². The summed E-state index contributed by atoms with van der Waals surface area (Å²) in [5, 5.41) is 14.6. The van der Waals surface area contributed by atoms with Crippen LogP contribution in [-0.4, -0.2) is 33.4 Å². The molecule has 4 rings (SSSR count). The van der Waals surface area contributed by atoms with Crippen molar-refractivity contribution >= 4 is 11.8 Å². The van der Waals surface area contributed by atoms with E-state index in [-0.39, 0.29) is 29.4 Å². The molecule has 2 aliphatic carbocycles. The number of aromatic nitrogens is 3. The highest BCUT2D eigenvalue weighted by atomic mass is 16.2. The average molecular weight is 360 g/mol. The van der Waals surface area contributed by atoms with Crippen LogP contribution in [0.4, 0.5) is 0 Å². The molecule has 4 N–H and O–H groups in total. The van der Waals surface area contributed by atoms with Gasteiger partial charge in [0, 0.05) is 13.0 Å². The van der Waals surface area contributed by atoms with Gasteiger partial charge in [-0.2, -0.15) is 0 Å². The van der Waals surface area contributed by atoms with Gasteiger partial charge in [-0.3, -0.25) is 9.59 Å². The molecule has 3 fully saturated rings. The highest BCUT2D eigenvalue weighted by Crippen LogP contribution is 2.38. The van der Waals surface area contributed by atoms with Crippen LogP contribution in [0.25, 0.3) is 0 Å². The van der Waals surface area contributed by atoms with Crippen LogP contribution < -0.4 is 16.4 Å². The van der Waals surface area contributed by atoms with E-state index in [1.807, 2.05) is 6.20 Å². The number of hydrogen-bond donors (Lipinski definition) is 3. The van der Waals surface area contributed by atoms with E-state index in [1.54, 1.807) is 4.68 Å². The number of hydrogen-bond acceptors (Lipinski definition) is 5. The summed E-state index contributed by atoms with van der Waals surface area (Å²) in [5.74, 6) is 0.240. The van der Waals surface area contributed by atoms with Gasteiger partial charge < -0.3 is 16.4 Å². The Bertz CT molecular complexity index is 667. The fourth-order valence-corrected chi connectivity index (χ4v) is 4.12. The Morgan fingerprint density at radius 3 is 2.73 bits per heavy atom. The van der Waals surface area contributed by atoms with E-state index < -0.39 is 0 Å². The van der Waals surface area contributed by atoms with E-state index in [0.29, 0.717) is 25.3 Å². The van der Waals surface area contributed by atoms with Gasteiger partial charge in [0.05, 0.1) is 18.2 Å². The molecule has 2 atom stereocenters. The molecule has 2 saturated carbocycles. The largest absolute Gasteiger partial charge is 0.355 e. The zero-order chi connectivity index (χ0) is 18.1. The molecule has 1 aliphatic heterocycles. The van der Waals surface area contributed by atoms with Crippen molar-refractivity contribution in [2.45, 2.75) is 69.5 Å². The molecule has 8 nitrogen and oxygen atoms in total. The minimum atomic E-state index is -0.389. The van der Waals surface area contributed by atoms with Gasteiger partial charge in [-0.05, 0) is 38.0 Å². The Labute approximate surface area is 153 Å². The fraction of sp³-hybridized carbons (Fsp3) is 0.778. The number of amides is 2. The van der Waals surface area contributed by atoms with E-state index >= 15 is 0 Å². The second-order valence-corrected chi connectivity index (χ2v) is 8.12.